The van der Waals surface area contributed by atoms with Gasteiger partial charge in [-0.2, -0.15) is 5.10 Å². The molecule has 100 valence electrons. The average molecular weight is 251 g/mol. The van der Waals surface area contributed by atoms with Crippen LogP contribution in [0.25, 0.3) is 0 Å². The van der Waals surface area contributed by atoms with E-state index in [0.29, 0.717) is 12.6 Å². The maximum atomic E-state index is 11.9. The molecule has 1 saturated heterocycles. The van der Waals surface area contributed by atoms with E-state index in [1.54, 1.807) is 0 Å². The zero-order valence-electron chi connectivity index (χ0n) is 10.8. The molecule has 1 aliphatic heterocycles. The zero-order chi connectivity index (χ0) is 12.8. The molecule has 0 spiro atoms. The number of carbonyl (C=O) groups excluding carboxylic acids is 1. The fourth-order valence-electron chi connectivity index (χ4n) is 2.33. The summed E-state index contributed by atoms with van der Waals surface area (Å²) in [4.78, 5) is 16.0. The summed E-state index contributed by atoms with van der Waals surface area (Å²) in [5, 5.41) is 13.0. The summed E-state index contributed by atoms with van der Waals surface area (Å²) in [6.07, 6.45) is 5.10. The minimum absolute atomic E-state index is 0.173. The number of hydrogen-bond acceptors (Lipinski definition) is 4. The third-order valence-electron chi connectivity index (χ3n) is 3.35. The van der Waals surface area contributed by atoms with E-state index in [4.69, 9.17) is 0 Å². The normalized spacial score (nSPS) is 23.8. The highest BCUT2D eigenvalue weighted by Gasteiger charge is 2.24. The maximum Gasteiger partial charge on any atom is 0.223 e. The molecule has 0 aromatic carbocycles. The number of hydrogen-bond donors (Lipinski definition) is 3. The summed E-state index contributed by atoms with van der Waals surface area (Å²) in [6.45, 7) is 3.78. The first kappa shape index (κ1) is 13.0. The molecule has 0 aliphatic carbocycles. The molecule has 1 aromatic rings. The molecule has 0 radical (unpaired) electrons. The van der Waals surface area contributed by atoms with Crippen molar-refractivity contribution in [1.82, 2.24) is 25.8 Å². The summed E-state index contributed by atoms with van der Waals surface area (Å²) in [5.74, 6) is 1.24. The molecule has 1 amide bonds. The van der Waals surface area contributed by atoms with Gasteiger partial charge in [0.25, 0.3) is 0 Å². The van der Waals surface area contributed by atoms with Gasteiger partial charge in [0.05, 0.1) is 0 Å². The Morgan fingerprint density at radius 3 is 3.22 bits per heavy atom. The van der Waals surface area contributed by atoms with E-state index in [1.807, 2.05) is 0 Å². The summed E-state index contributed by atoms with van der Waals surface area (Å²) < 4.78 is 0. The maximum absolute atomic E-state index is 11.9. The van der Waals surface area contributed by atoms with Crippen LogP contribution in [0.4, 0.5) is 0 Å². The Bertz CT molecular complexity index is 365. The number of nitrogens with one attached hydrogen (secondary N) is 3. The highest BCUT2D eigenvalue weighted by atomic mass is 16.1. The third-order valence-corrected chi connectivity index (χ3v) is 3.35. The van der Waals surface area contributed by atoms with Gasteiger partial charge in [-0.05, 0) is 32.7 Å². The Kier molecular flexibility index (Phi) is 4.69. The minimum atomic E-state index is 0.173. The number of rotatable bonds is 5. The van der Waals surface area contributed by atoms with Crippen LogP contribution in [0.1, 0.15) is 32.0 Å². The molecular formula is C12H21N5O. The molecule has 3 N–H and O–H groups in total. The first-order valence-corrected chi connectivity index (χ1v) is 6.61. The third kappa shape index (κ3) is 3.80. The van der Waals surface area contributed by atoms with E-state index in [2.05, 4.69) is 32.7 Å². The van der Waals surface area contributed by atoms with Gasteiger partial charge in [-0.25, -0.2) is 4.98 Å². The highest BCUT2D eigenvalue weighted by molar-refractivity contribution is 5.78. The van der Waals surface area contributed by atoms with Gasteiger partial charge in [0.15, 0.2) is 0 Å². The first-order valence-electron chi connectivity index (χ1n) is 6.61. The van der Waals surface area contributed by atoms with Gasteiger partial charge < -0.3 is 10.6 Å². The van der Waals surface area contributed by atoms with Crippen LogP contribution < -0.4 is 10.6 Å². The SMILES string of the molecule is CC1CC(C(=O)NCCCc2ncn[nH]2)CCN1. The van der Waals surface area contributed by atoms with Gasteiger partial charge in [-0.3, -0.25) is 9.89 Å². The molecule has 0 saturated carbocycles. The van der Waals surface area contributed by atoms with Gasteiger partial charge in [-0.1, -0.05) is 0 Å². The van der Waals surface area contributed by atoms with Crippen molar-refractivity contribution in [2.45, 2.75) is 38.6 Å². The molecule has 1 aliphatic rings. The lowest BCUT2D eigenvalue weighted by molar-refractivity contribution is -0.126. The van der Waals surface area contributed by atoms with Crippen molar-refractivity contribution in [1.29, 1.82) is 0 Å². The standard InChI is InChI=1S/C12H21N5O/c1-9-7-10(4-6-13-9)12(18)14-5-2-3-11-15-8-16-17-11/h8-10,13H,2-7H2,1H3,(H,14,18)(H,15,16,17). The lowest BCUT2D eigenvalue weighted by Gasteiger charge is -2.27. The minimum Gasteiger partial charge on any atom is -0.356 e. The summed E-state index contributed by atoms with van der Waals surface area (Å²) in [6, 6.07) is 0.448. The van der Waals surface area contributed by atoms with E-state index < -0.39 is 0 Å². The number of H-pyrrole nitrogens is 1. The molecular weight excluding hydrogens is 230 g/mol. The topological polar surface area (TPSA) is 82.7 Å². The highest BCUT2D eigenvalue weighted by Crippen LogP contribution is 2.15. The van der Waals surface area contributed by atoms with Crippen LogP contribution in [-0.2, 0) is 11.2 Å². The van der Waals surface area contributed by atoms with Gasteiger partial charge in [0.1, 0.15) is 12.2 Å². The van der Waals surface area contributed by atoms with Gasteiger partial charge >= 0.3 is 0 Å². The second-order valence-corrected chi connectivity index (χ2v) is 4.90. The Morgan fingerprint density at radius 1 is 1.61 bits per heavy atom. The Balaban J connectivity index is 1.62. The molecule has 2 rings (SSSR count). The number of nitrogens with zero attached hydrogens (tertiary/aromatic N) is 2. The van der Waals surface area contributed by atoms with Crippen molar-refractivity contribution in [3.8, 4) is 0 Å². The number of carbonyl (C=O) groups is 1. The smallest absolute Gasteiger partial charge is 0.223 e. The number of piperidine rings is 1. The predicted octanol–water partition coefficient (Wildman–Crippen LogP) is 0.242. The van der Waals surface area contributed by atoms with E-state index in [9.17, 15) is 4.79 Å². The van der Waals surface area contributed by atoms with Crippen LogP contribution in [0.5, 0.6) is 0 Å². The summed E-state index contributed by atoms with van der Waals surface area (Å²) >= 11 is 0. The molecule has 2 unspecified atom stereocenters. The fourth-order valence-corrected chi connectivity index (χ4v) is 2.33. The monoisotopic (exact) mass is 251 g/mol. The summed E-state index contributed by atoms with van der Waals surface area (Å²) in [7, 11) is 0. The van der Waals surface area contributed by atoms with Crippen LogP contribution in [0.2, 0.25) is 0 Å². The van der Waals surface area contributed by atoms with Gasteiger partial charge in [0.2, 0.25) is 5.91 Å². The van der Waals surface area contributed by atoms with Gasteiger partial charge in [0, 0.05) is 24.9 Å². The lowest BCUT2D eigenvalue weighted by atomic mass is 9.92. The second-order valence-electron chi connectivity index (χ2n) is 4.90. The van der Waals surface area contributed by atoms with Crippen molar-refractivity contribution in [2.75, 3.05) is 13.1 Å². The number of aryl methyl sites for hydroxylation is 1. The molecule has 18 heavy (non-hydrogen) atoms. The first-order chi connectivity index (χ1) is 8.75. The van der Waals surface area contributed by atoms with Crippen LogP contribution in [0.3, 0.4) is 0 Å². The molecule has 6 nitrogen and oxygen atoms in total. The van der Waals surface area contributed by atoms with E-state index in [-0.39, 0.29) is 11.8 Å². The lowest BCUT2D eigenvalue weighted by Crippen LogP contribution is -2.42. The van der Waals surface area contributed by atoms with E-state index in [1.165, 1.54) is 6.33 Å². The van der Waals surface area contributed by atoms with Crippen LogP contribution in [-0.4, -0.2) is 40.2 Å². The predicted molar refractivity (Wildman–Crippen MR) is 67.9 cm³/mol. The Morgan fingerprint density at radius 2 is 2.50 bits per heavy atom. The van der Waals surface area contributed by atoms with Crippen molar-refractivity contribution >= 4 is 5.91 Å². The number of aromatic nitrogens is 3. The quantitative estimate of drug-likeness (QED) is 0.655. The number of amides is 1. The molecule has 6 heteroatoms. The molecule has 1 fully saturated rings. The fraction of sp³-hybridized carbons (Fsp3) is 0.750. The molecule has 2 atom stereocenters. The van der Waals surface area contributed by atoms with Crippen LogP contribution >= 0.6 is 0 Å². The Hall–Kier alpha value is -1.43. The van der Waals surface area contributed by atoms with Gasteiger partial charge in [-0.15, -0.1) is 0 Å². The van der Waals surface area contributed by atoms with Crippen LogP contribution in [0.15, 0.2) is 6.33 Å². The largest absolute Gasteiger partial charge is 0.356 e. The van der Waals surface area contributed by atoms with E-state index in [0.717, 1.165) is 38.1 Å². The molecule has 2 heterocycles. The van der Waals surface area contributed by atoms with Crippen LogP contribution in [0, 0.1) is 5.92 Å². The van der Waals surface area contributed by atoms with Crippen molar-refractivity contribution in [2.24, 2.45) is 5.92 Å². The summed E-state index contributed by atoms with van der Waals surface area (Å²) in [5.41, 5.74) is 0. The molecule has 1 aromatic heterocycles. The second kappa shape index (κ2) is 6.49. The molecule has 0 bridgehead atoms. The average Bonchev–Trinajstić information content (AvgIpc) is 2.87. The number of aromatic amines is 1. The Labute approximate surface area is 107 Å². The zero-order valence-corrected chi connectivity index (χ0v) is 10.8. The van der Waals surface area contributed by atoms with Crippen molar-refractivity contribution < 1.29 is 4.79 Å². The van der Waals surface area contributed by atoms with Crippen molar-refractivity contribution in [3.05, 3.63) is 12.2 Å². The van der Waals surface area contributed by atoms with E-state index >= 15 is 0 Å². The van der Waals surface area contributed by atoms with Crippen molar-refractivity contribution in [3.63, 3.8) is 0 Å².